The minimum atomic E-state index is -4.63. The van der Waals surface area contributed by atoms with Crippen molar-refractivity contribution in [2.45, 2.75) is 33.1 Å². The number of pyridine rings is 1. The van der Waals surface area contributed by atoms with Crippen LogP contribution in [0.2, 0.25) is 5.02 Å². The third-order valence-corrected chi connectivity index (χ3v) is 4.85. The minimum Gasteiger partial charge on any atom is -0.464 e. The molecule has 0 saturated carbocycles. The van der Waals surface area contributed by atoms with Crippen molar-refractivity contribution in [2.75, 3.05) is 5.32 Å². The Balaban J connectivity index is 1.90. The third kappa shape index (κ3) is 4.14. The maximum atomic E-state index is 13.5. The zero-order valence-electron chi connectivity index (χ0n) is 16.1. The molecule has 2 heterocycles. The first-order chi connectivity index (χ1) is 13.5. The van der Waals surface area contributed by atoms with Crippen molar-refractivity contribution in [1.82, 2.24) is 14.8 Å². The number of halogens is 4. The van der Waals surface area contributed by atoms with E-state index in [9.17, 15) is 18.0 Å². The van der Waals surface area contributed by atoms with Crippen LogP contribution in [0, 0.1) is 13.8 Å². The van der Waals surface area contributed by atoms with Crippen molar-refractivity contribution in [3.8, 4) is 5.88 Å². The molecule has 0 aliphatic heterocycles. The highest BCUT2D eigenvalue weighted by Crippen LogP contribution is 2.37. The van der Waals surface area contributed by atoms with Crippen molar-refractivity contribution in [3.63, 3.8) is 0 Å². The zero-order valence-corrected chi connectivity index (χ0v) is 16.8. The summed E-state index contributed by atoms with van der Waals surface area (Å²) >= 11 is 6.03. The number of benzene rings is 1. The van der Waals surface area contributed by atoms with Crippen LogP contribution in [0.3, 0.4) is 0 Å². The van der Waals surface area contributed by atoms with E-state index in [1.807, 2.05) is 0 Å². The van der Waals surface area contributed by atoms with Gasteiger partial charge in [-0.3, -0.25) is 9.48 Å². The number of carbonyl (C=O) groups is 1. The zero-order chi connectivity index (χ0) is 21.5. The molecule has 0 saturated heterocycles. The largest absolute Gasteiger partial charge is 0.464 e. The summed E-state index contributed by atoms with van der Waals surface area (Å²) in [5, 5.41) is 7.03. The summed E-state index contributed by atoms with van der Waals surface area (Å²) in [6, 6.07) is 5.80. The van der Waals surface area contributed by atoms with Crippen molar-refractivity contribution >= 4 is 34.2 Å². The fourth-order valence-corrected chi connectivity index (χ4v) is 3.09. The molecule has 154 valence electrons. The van der Waals surface area contributed by atoms with Gasteiger partial charge in [-0.2, -0.15) is 23.3 Å². The van der Waals surface area contributed by atoms with Crippen LogP contribution in [-0.4, -0.2) is 26.8 Å². The first kappa shape index (κ1) is 20.9. The van der Waals surface area contributed by atoms with Crippen LogP contribution in [0.15, 0.2) is 24.3 Å². The molecular formula is C19H18ClF3N4O2. The number of carbonyl (C=O) groups excluding carboxylic acids is 1. The fourth-order valence-electron chi connectivity index (χ4n) is 2.92. The van der Waals surface area contributed by atoms with Gasteiger partial charge < -0.3 is 10.1 Å². The van der Waals surface area contributed by atoms with E-state index in [-0.39, 0.29) is 22.6 Å². The molecule has 29 heavy (non-hydrogen) atoms. The lowest BCUT2D eigenvalue weighted by Crippen LogP contribution is -2.30. The molecule has 3 rings (SSSR count). The molecule has 3 aromatic rings. The van der Waals surface area contributed by atoms with E-state index in [0.29, 0.717) is 16.3 Å². The van der Waals surface area contributed by atoms with Crippen LogP contribution in [0.1, 0.15) is 23.7 Å². The number of alkyl halides is 3. The first-order valence-corrected chi connectivity index (χ1v) is 9.01. The second kappa shape index (κ2) is 7.55. The Kier molecular flexibility index (Phi) is 5.44. The van der Waals surface area contributed by atoms with Gasteiger partial charge >= 0.3 is 6.18 Å². The van der Waals surface area contributed by atoms with E-state index >= 15 is 0 Å². The smallest absolute Gasteiger partial charge is 0.417 e. The summed E-state index contributed by atoms with van der Waals surface area (Å²) in [4.78, 5) is 16.6. The van der Waals surface area contributed by atoms with Crippen LogP contribution in [0.25, 0.3) is 11.0 Å². The third-order valence-electron chi connectivity index (χ3n) is 4.44. The summed E-state index contributed by atoms with van der Waals surface area (Å²) in [5.41, 5.74) is 0.460. The molecule has 2 aromatic heterocycles. The molecule has 6 nitrogen and oxygen atoms in total. The molecule has 10 heteroatoms. The second-order valence-corrected chi connectivity index (χ2v) is 6.98. The number of nitrogens with zero attached hydrogens (tertiary/aromatic N) is 3. The quantitative estimate of drug-likeness (QED) is 0.658. The van der Waals surface area contributed by atoms with Crippen molar-refractivity contribution in [1.29, 1.82) is 0 Å². The van der Waals surface area contributed by atoms with Gasteiger partial charge in [0, 0.05) is 23.8 Å². The Bertz CT molecular complexity index is 1100. The maximum Gasteiger partial charge on any atom is 0.417 e. The van der Waals surface area contributed by atoms with Gasteiger partial charge in [0.1, 0.15) is 0 Å². The van der Waals surface area contributed by atoms with Crippen LogP contribution < -0.4 is 10.1 Å². The van der Waals surface area contributed by atoms with Gasteiger partial charge in [0.15, 0.2) is 11.8 Å². The van der Waals surface area contributed by atoms with Crippen LogP contribution >= 0.6 is 11.6 Å². The van der Waals surface area contributed by atoms with E-state index in [1.54, 1.807) is 25.1 Å². The number of ether oxygens (including phenoxy) is 1. The van der Waals surface area contributed by atoms with E-state index in [0.717, 1.165) is 6.07 Å². The lowest BCUT2D eigenvalue weighted by Gasteiger charge is -2.17. The van der Waals surface area contributed by atoms with Gasteiger partial charge in [-0.15, -0.1) is 0 Å². The van der Waals surface area contributed by atoms with Gasteiger partial charge in [0.25, 0.3) is 5.91 Å². The molecule has 1 aromatic carbocycles. The van der Waals surface area contributed by atoms with E-state index in [4.69, 9.17) is 16.3 Å². The van der Waals surface area contributed by atoms with E-state index < -0.39 is 23.8 Å². The van der Waals surface area contributed by atoms with Crippen molar-refractivity contribution in [3.05, 3.63) is 46.1 Å². The van der Waals surface area contributed by atoms with Crippen LogP contribution in [0.4, 0.5) is 18.9 Å². The number of aromatic nitrogens is 3. The minimum absolute atomic E-state index is 0.0191. The Morgan fingerprint density at radius 1 is 1.31 bits per heavy atom. The van der Waals surface area contributed by atoms with Gasteiger partial charge in [-0.05, 0) is 38.5 Å². The molecule has 0 spiro atoms. The molecule has 0 aliphatic rings. The summed E-state index contributed by atoms with van der Waals surface area (Å²) in [6.45, 7) is 4.63. The number of hydrogen-bond donors (Lipinski definition) is 1. The average molecular weight is 427 g/mol. The Labute approximate surface area is 169 Å². The summed E-state index contributed by atoms with van der Waals surface area (Å²) in [7, 11) is 1.49. The molecule has 1 atom stereocenters. The molecule has 0 unspecified atom stereocenters. The lowest BCUT2D eigenvalue weighted by molar-refractivity contribution is -0.136. The Hall–Kier alpha value is -2.81. The standard InChI is InChI=1S/C19H18ClF3N4O2/c1-9-13(20)6-5-7-14(9)24-18(28)11(3)29-15-8-12(19(21,22)23)16-10(2)26-27(4)17(16)25-15/h5-8,11H,1-4H3,(H,24,28)/t11-/m0/s1. The molecule has 0 radical (unpaired) electrons. The molecule has 0 aliphatic carbocycles. The number of nitrogens with one attached hydrogen (secondary N) is 1. The van der Waals surface area contributed by atoms with Crippen LogP contribution in [0.5, 0.6) is 5.88 Å². The Morgan fingerprint density at radius 2 is 2.00 bits per heavy atom. The summed E-state index contributed by atoms with van der Waals surface area (Å²) in [6.07, 6.45) is -5.73. The Morgan fingerprint density at radius 3 is 2.66 bits per heavy atom. The molecule has 1 N–H and O–H groups in total. The van der Waals surface area contributed by atoms with Gasteiger partial charge in [0.2, 0.25) is 5.88 Å². The molecule has 0 bridgehead atoms. The number of anilines is 1. The van der Waals surface area contributed by atoms with Crippen molar-refractivity contribution < 1.29 is 22.7 Å². The molecular weight excluding hydrogens is 409 g/mol. The predicted octanol–water partition coefficient (Wildman–Crippen LogP) is 4.66. The number of fused-ring (bicyclic) bond motifs is 1. The van der Waals surface area contributed by atoms with Crippen molar-refractivity contribution in [2.24, 2.45) is 7.05 Å². The van der Waals surface area contributed by atoms with Gasteiger partial charge in [0.05, 0.1) is 16.6 Å². The maximum absolute atomic E-state index is 13.5. The molecule has 1 amide bonds. The van der Waals surface area contributed by atoms with Crippen LogP contribution in [-0.2, 0) is 18.0 Å². The van der Waals surface area contributed by atoms with Gasteiger partial charge in [-0.1, -0.05) is 17.7 Å². The second-order valence-electron chi connectivity index (χ2n) is 6.58. The number of amides is 1. The van der Waals surface area contributed by atoms with Gasteiger partial charge in [-0.25, -0.2) is 0 Å². The predicted molar refractivity (Wildman–Crippen MR) is 103 cm³/mol. The highest BCUT2D eigenvalue weighted by atomic mass is 35.5. The summed E-state index contributed by atoms with van der Waals surface area (Å²) in [5.74, 6) is -0.870. The topological polar surface area (TPSA) is 69.0 Å². The monoisotopic (exact) mass is 426 g/mol. The highest BCUT2D eigenvalue weighted by molar-refractivity contribution is 6.31. The number of aryl methyl sites for hydroxylation is 2. The number of rotatable bonds is 4. The number of hydrogen-bond acceptors (Lipinski definition) is 4. The lowest BCUT2D eigenvalue weighted by atomic mass is 10.1. The highest BCUT2D eigenvalue weighted by Gasteiger charge is 2.36. The summed E-state index contributed by atoms with van der Waals surface area (Å²) < 4.78 is 47.3. The van der Waals surface area contributed by atoms with E-state index in [1.165, 1.54) is 25.6 Å². The SMILES string of the molecule is Cc1c(Cl)cccc1NC(=O)[C@H](C)Oc1cc(C(F)(F)F)c2c(C)nn(C)c2n1. The fraction of sp³-hybridized carbons (Fsp3) is 0.316. The average Bonchev–Trinajstić information content (AvgIpc) is 2.91. The first-order valence-electron chi connectivity index (χ1n) is 8.63. The molecule has 0 fully saturated rings. The normalized spacial score (nSPS) is 12.8. The van der Waals surface area contributed by atoms with E-state index in [2.05, 4.69) is 15.4 Å².